The van der Waals surface area contributed by atoms with E-state index in [1.165, 1.54) is 31.4 Å². The van der Waals surface area contributed by atoms with E-state index >= 15 is 0 Å². The van der Waals surface area contributed by atoms with Gasteiger partial charge in [0.25, 0.3) is 0 Å². The van der Waals surface area contributed by atoms with Crippen molar-refractivity contribution in [3.05, 3.63) is 29.8 Å². The highest BCUT2D eigenvalue weighted by molar-refractivity contribution is 5.89. The lowest BCUT2D eigenvalue weighted by atomic mass is 10.2. The molecule has 116 valence electrons. The molecule has 4 nitrogen and oxygen atoms in total. The van der Waals surface area contributed by atoms with E-state index < -0.39 is 0 Å². The number of carbonyl (C=O) groups is 1. The topological polar surface area (TPSA) is 35.6 Å². The molecule has 0 radical (unpaired) electrons. The van der Waals surface area contributed by atoms with Crippen molar-refractivity contribution in [3.63, 3.8) is 0 Å². The van der Waals surface area contributed by atoms with Crippen LogP contribution in [0, 0.1) is 6.92 Å². The molecule has 0 atom stereocenters. The van der Waals surface area contributed by atoms with Crippen LogP contribution in [0.5, 0.6) is 0 Å². The molecule has 0 unspecified atom stereocenters. The zero-order valence-corrected chi connectivity index (χ0v) is 13.3. The van der Waals surface area contributed by atoms with E-state index in [0.29, 0.717) is 0 Å². The second kappa shape index (κ2) is 8.03. The van der Waals surface area contributed by atoms with Crippen LogP contribution in [0.4, 0.5) is 10.5 Å². The molecule has 21 heavy (non-hydrogen) atoms. The van der Waals surface area contributed by atoms with Gasteiger partial charge in [-0.1, -0.05) is 37.5 Å². The van der Waals surface area contributed by atoms with Crippen LogP contribution in [0.25, 0.3) is 0 Å². The minimum absolute atomic E-state index is 0.0204. The number of piperazine rings is 1. The van der Waals surface area contributed by atoms with Crippen molar-refractivity contribution in [1.82, 2.24) is 9.80 Å². The predicted octanol–water partition coefficient (Wildman–Crippen LogP) is 3.33. The van der Waals surface area contributed by atoms with Crippen molar-refractivity contribution in [3.8, 4) is 0 Å². The van der Waals surface area contributed by atoms with E-state index in [-0.39, 0.29) is 6.03 Å². The number of aryl methyl sites for hydroxylation is 1. The fraction of sp³-hybridized carbons (Fsp3) is 0.588. The van der Waals surface area contributed by atoms with Crippen LogP contribution in [-0.2, 0) is 0 Å². The molecular weight excluding hydrogens is 262 g/mol. The van der Waals surface area contributed by atoms with E-state index in [9.17, 15) is 4.79 Å². The molecule has 0 aromatic heterocycles. The summed E-state index contributed by atoms with van der Waals surface area (Å²) in [6.07, 6.45) is 3.83. The molecule has 1 N–H and O–H groups in total. The first kappa shape index (κ1) is 15.8. The Hall–Kier alpha value is -1.55. The number of hydrogen-bond donors (Lipinski definition) is 1. The van der Waals surface area contributed by atoms with E-state index in [2.05, 4.69) is 17.1 Å². The van der Waals surface area contributed by atoms with E-state index in [1.807, 2.05) is 36.1 Å². The van der Waals surface area contributed by atoms with Gasteiger partial charge in [-0.05, 0) is 32.0 Å². The summed E-state index contributed by atoms with van der Waals surface area (Å²) < 4.78 is 0. The molecule has 0 saturated carbocycles. The maximum absolute atomic E-state index is 12.2. The van der Waals surface area contributed by atoms with Crippen molar-refractivity contribution in [2.75, 3.05) is 38.0 Å². The molecule has 2 rings (SSSR count). The maximum atomic E-state index is 12.2. The van der Waals surface area contributed by atoms with Crippen LogP contribution in [0.15, 0.2) is 24.3 Å². The number of hydrogen-bond acceptors (Lipinski definition) is 2. The molecule has 0 bridgehead atoms. The Morgan fingerprint density at radius 1 is 1.10 bits per heavy atom. The standard InChI is InChI=1S/C17H27N3O/c1-3-4-5-10-19-11-13-20(14-12-19)17(21)18-16-8-6-15(2)7-9-16/h6-9H,3-5,10-14H2,1-2H3,(H,18,21). The second-order valence-corrected chi connectivity index (χ2v) is 5.83. The highest BCUT2D eigenvalue weighted by atomic mass is 16.2. The van der Waals surface area contributed by atoms with Crippen LogP contribution in [0.1, 0.15) is 31.7 Å². The number of unbranched alkanes of at least 4 members (excludes halogenated alkanes) is 2. The average Bonchev–Trinajstić information content (AvgIpc) is 2.50. The molecule has 4 heteroatoms. The molecule has 1 aliphatic heterocycles. The third-order valence-electron chi connectivity index (χ3n) is 4.04. The van der Waals surface area contributed by atoms with Gasteiger partial charge in [-0.2, -0.15) is 0 Å². The number of urea groups is 1. The van der Waals surface area contributed by atoms with Crippen LogP contribution in [0.3, 0.4) is 0 Å². The third kappa shape index (κ3) is 5.05. The number of amides is 2. The normalized spacial score (nSPS) is 16.0. The number of nitrogens with one attached hydrogen (secondary N) is 1. The van der Waals surface area contributed by atoms with Crippen LogP contribution in [-0.4, -0.2) is 48.6 Å². The van der Waals surface area contributed by atoms with Crippen molar-refractivity contribution in [2.45, 2.75) is 33.1 Å². The molecule has 1 fully saturated rings. The Bertz CT molecular complexity index is 436. The Balaban J connectivity index is 1.74. The van der Waals surface area contributed by atoms with Gasteiger partial charge in [0.2, 0.25) is 0 Å². The van der Waals surface area contributed by atoms with Crippen molar-refractivity contribution >= 4 is 11.7 Å². The fourth-order valence-corrected chi connectivity index (χ4v) is 2.60. The van der Waals surface area contributed by atoms with Gasteiger partial charge < -0.3 is 10.2 Å². The van der Waals surface area contributed by atoms with E-state index in [4.69, 9.17) is 0 Å². The molecule has 0 spiro atoms. The summed E-state index contributed by atoms with van der Waals surface area (Å²) >= 11 is 0. The SMILES string of the molecule is CCCCCN1CCN(C(=O)Nc2ccc(C)cc2)CC1. The largest absolute Gasteiger partial charge is 0.322 e. The van der Waals surface area contributed by atoms with Crippen molar-refractivity contribution in [1.29, 1.82) is 0 Å². The summed E-state index contributed by atoms with van der Waals surface area (Å²) in [5, 5.41) is 2.97. The number of anilines is 1. The van der Waals surface area contributed by atoms with Gasteiger partial charge in [0.15, 0.2) is 0 Å². The molecule has 1 aromatic rings. The Morgan fingerprint density at radius 2 is 1.76 bits per heavy atom. The van der Waals surface area contributed by atoms with E-state index in [0.717, 1.165) is 31.9 Å². The Kier molecular flexibility index (Phi) is 6.05. The van der Waals surface area contributed by atoms with Crippen LogP contribution < -0.4 is 5.32 Å². The molecule has 1 saturated heterocycles. The van der Waals surface area contributed by atoms with E-state index in [1.54, 1.807) is 0 Å². The third-order valence-corrected chi connectivity index (χ3v) is 4.04. The molecular formula is C17H27N3O. The Morgan fingerprint density at radius 3 is 2.38 bits per heavy atom. The first-order valence-electron chi connectivity index (χ1n) is 8.04. The molecule has 1 aliphatic rings. The lowest BCUT2D eigenvalue weighted by Crippen LogP contribution is -2.50. The van der Waals surface area contributed by atoms with Gasteiger partial charge in [0, 0.05) is 31.9 Å². The molecule has 1 heterocycles. The van der Waals surface area contributed by atoms with Gasteiger partial charge >= 0.3 is 6.03 Å². The zero-order valence-electron chi connectivity index (χ0n) is 13.3. The summed E-state index contributed by atoms with van der Waals surface area (Å²) in [6, 6.07) is 7.96. The minimum atomic E-state index is 0.0204. The Labute approximate surface area is 128 Å². The molecule has 1 aromatic carbocycles. The first-order chi connectivity index (χ1) is 10.2. The highest BCUT2D eigenvalue weighted by Crippen LogP contribution is 2.11. The zero-order chi connectivity index (χ0) is 15.1. The summed E-state index contributed by atoms with van der Waals surface area (Å²) in [4.78, 5) is 16.6. The predicted molar refractivity (Wildman–Crippen MR) is 87.7 cm³/mol. The van der Waals surface area contributed by atoms with Crippen molar-refractivity contribution < 1.29 is 4.79 Å². The van der Waals surface area contributed by atoms with Gasteiger partial charge in [-0.3, -0.25) is 4.90 Å². The maximum Gasteiger partial charge on any atom is 0.321 e. The lowest BCUT2D eigenvalue weighted by Gasteiger charge is -2.34. The van der Waals surface area contributed by atoms with Gasteiger partial charge in [0.1, 0.15) is 0 Å². The number of nitrogens with zero attached hydrogens (tertiary/aromatic N) is 2. The molecule has 2 amide bonds. The average molecular weight is 289 g/mol. The molecule has 0 aliphatic carbocycles. The number of rotatable bonds is 5. The fourth-order valence-electron chi connectivity index (χ4n) is 2.60. The number of benzene rings is 1. The smallest absolute Gasteiger partial charge is 0.321 e. The summed E-state index contributed by atoms with van der Waals surface area (Å²) in [6.45, 7) is 9.07. The van der Waals surface area contributed by atoms with Crippen molar-refractivity contribution in [2.24, 2.45) is 0 Å². The highest BCUT2D eigenvalue weighted by Gasteiger charge is 2.20. The van der Waals surface area contributed by atoms with Gasteiger partial charge in [-0.25, -0.2) is 4.79 Å². The van der Waals surface area contributed by atoms with Crippen LogP contribution in [0.2, 0.25) is 0 Å². The van der Waals surface area contributed by atoms with Crippen LogP contribution >= 0.6 is 0 Å². The van der Waals surface area contributed by atoms with Gasteiger partial charge in [0.05, 0.1) is 0 Å². The minimum Gasteiger partial charge on any atom is -0.322 e. The quantitative estimate of drug-likeness (QED) is 0.844. The lowest BCUT2D eigenvalue weighted by molar-refractivity contribution is 0.146. The van der Waals surface area contributed by atoms with Gasteiger partial charge in [-0.15, -0.1) is 0 Å². The summed E-state index contributed by atoms with van der Waals surface area (Å²) in [5.41, 5.74) is 2.07. The number of carbonyl (C=O) groups excluding carboxylic acids is 1. The first-order valence-corrected chi connectivity index (χ1v) is 8.04. The second-order valence-electron chi connectivity index (χ2n) is 5.83. The summed E-state index contributed by atoms with van der Waals surface area (Å²) in [5.74, 6) is 0. The summed E-state index contributed by atoms with van der Waals surface area (Å²) in [7, 11) is 0. The monoisotopic (exact) mass is 289 g/mol.